The first-order chi connectivity index (χ1) is 11.2. The summed E-state index contributed by atoms with van der Waals surface area (Å²) in [6.07, 6.45) is 0. The van der Waals surface area contributed by atoms with Gasteiger partial charge in [0.25, 0.3) is 0 Å². The van der Waals surface area contributed by atoms with Crippen molar-refractivity contribution < 1.29 is 9.32 Å². The van der Waals surface area contributed by atoms with Gasteiger partial charge < -0.3 is 0 Å². The van der Waals surface area contributed by atoms with Gasteiger partial charge in [-0.1, -0.05) is 0 Å². The van der Waals surface area contributed by atoms with Gasteiger partial charge in [-0.3, -0.25) is 0 Å². The van der Waals surface area contributed by atoms with Crippen LogP contribution in [0.5, 0.6) is 0 Å². The van der Waals surface area contributed by atoms with Crippen LogP contribution in [0.4, 0.5) is 0 Å². The summed E-state index contributed by atoms with van der Waals surface area (Å²) in [5.41, 5.74) is 0. The van der Waals surface area contributed by atoms with Gasteiger partial charge in [0.1, 0.15) is 0 Å². The summed E-state index contributed by atoms with van der Waals surface area (Å²) in [6, 6.07) is 19.5. The summed E-state index contributed by atoms with van der Waals surface area (Å²) in [6.45, 7) is 10.6. The molecule has 0 spiro atoms. The minimum atomic E-state index is -2.04. The van der Waals surface area contributed by atoms with E-state index in [9.17, 15) is 9.32 Å². The van der Waals surface area contributed by atoms with Crippen molar-refractivity contribution in [3.8, 4) is 0 Å². The van der Waals surface area contributed by atoms with E-state index in [0.29, 0.717) is 0 Å². The van der Waals surface area contributed by atoms with E-state index in [1.807, 2.05) is 48.5 Å². The molecular weight excluding hydrogens is 399 g/mol. The van der Waals surface area contributed by atoms with Crippen LogP contribution in [0.15, 0.2) is 76.6 Å². The zero-order valence-corrected chi connectivity index (χ0v) is 17.9. The van der Waals surface area contributed by atoms with Gasteiger partial charge in [-0.05, 0) is 0 Å². The number of aliphatic hydroxyl groups is 1. The predicted molar refractivity (Wildman–Crippen MR) is 107 cm³/mol. The average Bonchev–Trinajstić information content (AvgIpc) is 2.55. The monoisotopic (exact) mass is 424 g/mol. The van der Waals surface area contributed by atoms with E-state index < -0.39 is 24.1 Å². The van der Waals surface area contributed by atoms with Crippen molar-refractivity contribution in [1.82, 2.24) is 0 Å². The van der Waals surface area contributed by atoms with Crippen LogP contribution in [0, 0.1) is 0 Å². The number of hydrogen-bond acceptors (Lipinski definition) is 2. The molecule has 2 aromatic carbocycles. The van der Waals surface area contributed by atoms with E-state index in [0.717, 1.165) is 9.37 Å². The Kier molecular flexibility index (Phi) is 6.40. The molecule has 2 unspecified atom stereocenters. The van der Waals surface area contributed by atoms with Crippen LogP contribution in [0.1, 0.15) is 0 Å². The van der Waals surface area contributed by atoms with Crippen LogP contribution in [0.2, 0.25) is 19.6 Å². The van der Waals surface area contributed by atoms with Gasteiger partial charge in [0.05, 0.1) is 0 Å². The van der Waals surface area contributed by atoms with E-state index in [-0.39, 0.29) is 20.7 Å². The molecule has 0 amide bonds. The van der Waals surface area contributed by atoms with Gasteiger partial charge in [0.2, 0.25) is 0 Å². The van der Waals surface area contributed by atoms with Crippen molar-refractivity contribution in [3.63, 3.8) is 0 Å². The summed E-state index contributed by atoms with van der Waals surface area (Å²) in [4.78, 5) is 0.759. The van der Waals surface area contributed by atoms with Gasteiger partial charge in [-0.25, -0.2) is 0 Å². The van der Waals surface area contributed by atoms with E-state index in [4.69, 9.17) is 0 Å². The van der Waals surface area contributed by atoms with Crippen molar-refractivity contribution >= 4 is 38.3 Å². The molecule has 2 aromatic rings. The molecule has 0 aliphatic heterocycles. The van der Waals surface area contributed by atoms with Crippen LogP contribution >= 0.6 is 0 Å². The summed E-state index contributed by atoms with van der Waals surface area (Å²) in [7, 11) is -3.29. The summed E-state index contributed by atoms with van der Waals surface area (Å²) >= 11 is -0.0445. The van der Waals surface area contributed by atoms with Gasteiger partial charge in [-0.15, -0.1) is 0 Å². The molecule has 0 radical (unpaired) electrons. The molecule has 0 bridgehead atoms. The molecule has 128 valence electrons. The van der Waals surface area contributed by atoms with Crippen molar-refractivity contribution in [2.45, 2.75) is 29.8 Å². The second-order valence-corrected chi connectivity index (χ2v) is 16.0. The van der Waals surface area contributed by atoms with Crippen molar-refractivity contribution in [1.29, 1.82) is 0 Å². The first-order valence-electron chi connectivity index (χ1n) is 7.82. The Morgan fingerprint density at radius 1 is 1.08 bits per heavy atom. The maximum absolute atomic E-state index is 12.8. The fourth-order valence-corrected chi connectivity index (χ4v) is 10.5. The first-order valence-corrected chi connectivity index (χ1v) is 14.4. The number of benzene rings is 2. The number of rotatable bonds is 7. The zero-order valence-electron chi connectivity index (χ0n) is 14.4. The third-order valence-corrected chi connectivity index (χ3v) is 11.4. The Morgan fingerprint density at radius 2 is 1.58 bits per heavy atom. The Morgan fingerprint density at radius 3 is 2.08 bits per heavy atom. The fraction of sp³-hybridized carbons (Fsp3) is 0.263. The first kappa shape index (κ1) is 19.4. The topological polar surface area (TPSA) is 37.3 Å². The second-order valence-electron chi connectivity index (χ2n) is 6.75. The zero-order chi connectivity index (χ0) is 17.8. The van der Waals surface area contributed by atoms with Crippen LogP contribution in [-0.2, 0) is 10.8 Å². The van der Waals surface area contributed by atoms with Crippen LogP contribution in [0.3, 0.4) is 0 Å². The molecule has 0 heterocycles. The molecule has 2 nitrogen and oxygen atoms in total. The molecular formula is C19H24O2SSeSi. The van der Waals surface area contributed by atoms with Crippen LogP contribution < -0.4 is 4.46 Å². The molecule has 0 aliphatic rings. The third kappa shape index (κ3) is 4.56. The summed E-state index contributed by atoms with van der Waals surface area (Å²) in [5, 5.41) is 10.4. The molecule has 5 heteroatoms. The molecule has 2 atom stereocenters. The molecule has 24 heavy (non-hydrogen) atoms. The summed E-state index contributed by atoms with van der Waals surface area (Å²) < 4.78 is 14.8. The normalized spacial score (nSPS) is 15.5. The standard InChI is InChI=1S/C19H24O2SSeSi/c1-16(23-18-13-9-6-10-14-18)19(20,24(2,3)4)15-22(21)17-11-7-5-8-12-17/h5-14,20H,1,15H2,2-4H3. The Labute approximate surface area is 154 Å². The Bertz CT molecular complexity index is 713. The molecule has 0 saturated heterocycles. The molecule has 0 saturated carbocycles. The molecule has 0 fully saturated rings. The average molecular weight is 424 g/mol. The van der Waals surface area contributed by atoms with Crippen LogP contribution in [-0.4, -0.2) is 43.3 Å². The van der Waals surface area contributed by atoms with Gasteiger partial charge in [0, 0.05) is 0 Å². The predicted octanol–water partition coefficient (Wildman–Crippen LogP) is 2.95. The van der Waals surface area contributed by atoms with Crippen LogP contribution in [0.25, 0.3) is 0 Å². The van der Waals surface area contributed by atoms with Gasteiger partial charge >= 0.3 is 155 Å². The minimum absolute atomic E-state index is 0.0445. The SMILES string of the molecule is C=C([Se]c1ccccc1)C(O)(CS(=O)c1ccccc1)[Si](C)(C)C. The van der Waals surface area contributed by atoms with Gasteiger partial charge in [0.15, 0.2) is 0 Å². The Balaban J connectivity index is 2.26. The van der Waals surface area contributed by atoms with Crippen molar-refractivity contribution in [2.24, 2.45) is 0 Å². The second kappa shape index (κ2) is 7.94. The molecule has 0 aromatic heterocycles. The quantitative estimate of drug-likeness (QED) is 0.696. The van der Waals surface area contributed by atoms with E-state index >= 15 is 0 Å². The third-order valence-electron chi connectivity index (χ3n) is 4.03. The fourth-order valence-electron chi connectivity index (χ4n) is 2.28. The molecule has 1 N–H and O–H groups in total. The summed E-state index contributed by atoms with van der Waals surface area (Å²) in [5.74, 6) is 0.222. The van der Waals surface area contributed by atoms with Gasteiger partial charge in [-0.2, -0.15) is 0 Å². The molecule has 0 aliphatic carbocycles. The van der Waals surface area contributed by atoms with E-state index in [2.05, 4.69) is 38.4 Å². The molecule has 2 rings (SSSR count). The Hall–Kier alpha value is -0.974. The maximum atomic E-state index is 12.8. The van der Waals surface area contributed by atoms with E-state index in [1.54, 1.807) is 0 Å². The van der Waals surface area contributed by atoms with E-state index in [1.165, 1.54) is 4.46 Å². The van der Waals surface area contributed by atoms with Crippen molar-refractivity contribution in [3.05, 3.63) is 71.7 Å². The van der Waals surface area contributed by atoms with Crippen molar-refractivity contribution in [2.75, 3.05) is 5.75 Å². The number of hydrogen-bond donors (Lipinski definition) is 1.